The first-order chi connectivity index (χ1) is 17.0. The molecule has 0 amide bonds. The van der Waals surface area contributed by atoms with Gasteiger partial charge < -0.3 is 26.2 Å². The van der Waals surface area contributed by atoms with Crippen molar-refractivity contribution >= 4 is 29.2 Å². The van der Waals surface area contributed by atoms with Gasteiger partial charge in [-0.2, -0.15) is 13.2 Å². The highest BCUT2D eigenvalue weighted by Crippen LogP contribution is 2.31. The average molecular weight is 530 g/mol. The summed E-state index contributed by atoms with van der Waals surface area (Å²) in [5, 5.41) is 25.9. The van der Waals surface area contributed by atoms with E-state index in [1.165, 1.54) is 11.1 Å². The fourth-order valence-corrected chi connectivity index (χ4v) is 3.74. The number of nitrogens with one attached hydrogen (secondary N) is 3. The summed E-state index contributed by atoms with van der Waals surface area (Å²) in [6.45, 7) is 3.81. The molecule has 1 aliphatic rings. The number of aliphatic carboxylic acids is 2. The van der Waals surface area contributed by atoms with Crippen LogP contribution in [0.25, 0.3) is 0 Å². The Balaban J connectivity index is 0.000000493. The molecule has 0 radical (unpaired) electrons. The quantitative estimate of drug-likeness (QED) is 0.322. The third-order valence-corrected chi connectivity index (χ3v) is 5.95. The first kappa shape index (κ1) is 29.4. The summed E-state index contributed by atoms with van der Waals surface area (Å²) in [5.74, 6) is -2.15. The van der Waals surface area contributed by atoms with Crippen molar-refractivity contribution in [3.05, 3.63) is 63.7 Å². The van der Waals surface area contributed by atoms with Gasteiger partial charge in [0.15, 0.2) is 0 Å². The van der Waals surface area contributed by atoms with Gasteiger partial charge >= 0.3 is 18.1 Å². The minimum absolute atomic E-state index is 0.180. The molecule has 198 valence electrons. The third-order valence-electron chi connectivity index (χ3n) is 5.63. The molecule has 0 saturated heterocycles. The molecule has 0 unspecified atom stereocenters. The van der Waals surface area contributed by atoms with Gasteiger partial charge in [0.2, 0.25) is 0 Å². The van der Waals surface area contributed by atoms with Crippen LogP contribution < -0.4 is 16.0 Å². The van der Waals surface area contributed by atoms with E-state index in [1.54, 1.807) is 0 Å². The highest BCUT2D eigenvalue weighted by Gasteiger charge is 2.35. The van der Waals surface area contributed by atoms with Gasteiger partial charge in [0.05, 0.1) is 23.6 Å². The Bertz CT molecular complexity index is 1000. The zero-order valence-electron chi connectivity index (χ0n) is 19.9. The Labute approximate surface area is 213 Å². The summed E-state index contributed by atoms with van der Waals surface area (Å²) >= 11 is 6.43. The molecule has 0 aromatic heterocycles. The van der Waals surface area contributed by atoms with Crippen molar-refractivity contribution in [3.8, 4) is 0 Å². The van der Waals surface area contributed by atoms with Crippen molar-refractivity contribution in [1.29, 1.82) is 0 Å². The fraction of sp³-hybridized carbons (Fsp3) is 0.440. The first-order valence-electron chi connectivity index (χ1n) is 11.5. The minimum Gasteiger partial charge on any atom is -0.481 e. The smallest absolute Gasteiger partial charge is 0.403 e. The van der Waals surface area contributed by atoms with Gasteiger partial charge in [0.25, 0.3) is 0 Å². The summed E-state index contributed by atoms with van der Waals surface area (Å²) in [5.41, 5.74) is 5.43. The van der Waals surface area contributed by atoms with Crippen molar-refractivity contribution < 1.29 is 33.0 Å². The molecule has 1 aliphatic heterocycles. The maximum absolute atomic E-state index is 12.6. The standard InChI is InChI=1S/C21H25ClF3N3.C4H6O4/c1-14(21(23,24)25)27-12-15-2-4-16(5-3-15)13-28-20-18-9-11-26-10-8-17(18)6-7-19(20)22;5-3(6)1-2-4(7)8/h2-7,14,26-28H,8-13H2,1H3;1-2H2,(H,5,6)(H,7,8)/t14-;/m1./s1. The van der Waals surface area contributed by atoms with Crippen LogP contribution in [0.4, 0.5) is 18.9 Å². The zero-order valence-corrected chi connectivity index (χ0v) is 20.7. The molecule has 0 bridgehead atoms. The van der Waals surface area contributed by atoms with Gasteiger partial charge in [-0.3, -0.25) is 9.59 Å². The number of benzene rings is 2. The fourth-order valence-electron chi connectivity index (χ4n) is 3.50. The van der Waals surface area contributed by atoms with Crippen molar-refractivity contribution in [1.82, 2.24) is 10.6 Å². The Morgan fingerprint density at radius 1 is 0.972 bits per heavy atom. The van der Waals surface area contributed by atoms with Crippen LogP contribution in [0.3, 0.4) is 0 Å². The second-order valence-corrected chi connectivity index (χ2v) is 8.82. The van der Waals surface area contributed by atoms with E-state index >= 15 is 0 Å². The van der Waals surface area contributed by atoms with Crippen LogP contribution in [0.2, 0.25) is 5.02 Å². The minimum atomic E-state index is -4.23. The van der Waals surface area contributed by atoms with Crippen LogP contribution in [0, 0.1) is 0 Å². The third kappa shape index (κ3) is 10.0. The lowest BCUT2D eigenvalue weighted by molar-refractivity contribution is -0.151. The monoisotopic (exact) mass is 529 g/mol. The number of alkyl halides is 3. The normalized spacial score (nSPS) is 14.0. The average Bonchev–Trinajstić information content (AvgIpc) is 3.07. The van der Waals surface area contributed by atoms with Gasteiger partial charge in [-0.1, -0.05) is 41.9 Å². The molecule has 36 heavy (non-hydrogen) atoms. The number of hydrogen-bond donors (Lipinski definition) is 5. The molecule has 11 heteroatoms. The molecule has 0 fully saturated rings. The predicted octanol–water partition coefficient (Wildman–Crippen LogP) is 4.62. The van der Waals surface area contributed by atoms with Crippen molar-refractivity contribution in [2.45, 2.75) is 57.9 Å². The lowest BCUT2D eigenvalue weighted by Gasteiger charge is -2.18. The van der Waals surface area contributed by atoms with E-state index in [2.05, 4.69) is 22.0 Å². The van der Waals surface area contributed by atoms with Gasteiger partial charge in [-0.05, 0) is 61.2 Å². The van der Waals surface area contributed by atoms with E-state index < -0.39 is 24.2 Å². The molecule has 0 saturated carbocycles. The second kappa shape index (κ2) is 14.1. The van der Waals surface area contributed by atoms with Crippen LogP contribution in [0.15, 0.2) is 36.4 Å². The Morgan fingerprint density at radius 3 is 2.08 bits per heavy atom. The lowest BCUT2D eigenvalue weighted by atomic mass is 10.0. The number of carboxylic acids is 2. The molecule has 0 spiro atoms. The van der Waals surface area contributed by atoms with Gasteiger partial charge in [0, 0.05) is 13.1 Å². The van der Waals surface area contributed by atoms with E-state index in [0.29, 0.717) is 11.6 Å². The number of fused-ring (bicyclic) bond motifs is 1. The number of rotatable bonds is 9. The summed E-state index contributed by atoms with van der Waals surface area (Å²) in [7, 11) is 0. The van der Waals surface area contributed by atoms with Crippen molar-refractivity contribution in [2.24, 2.45) is 0 Å². The highest BCUT2D eigenvalue weighted by molar-refractivity contribution is 6.33. The molecule has 1 atom stereocenters. The SMILES string of the molecule is C[C@@H](NCc1ccc(CNc2c(Cl)ccc3c2CCNCC3)cc1)C(F)(F)F.O=C(O)CCC(=O)O. The molecular weight excluding hydrogens is 499 g/mol. The molecule has 5 N–H and O–H groups in total. The van der Waals surface area contributed by atoms with E-state index in [4.69, 9.17) is 21.8 Å². The van der Waals surface area contributed by atoms with E-state index in [0.717, 1.165) is 49.7 Å². The number of anilines is 1. The van der Waals surface area contributed by atoms with Crippen LogP contribution in [-0.2, 0) is 35.5 Å². The van der Waals surface area contributed by atoms with E-state index in [9.17, 15) is 22.8 Å². The van der Waals surface area contributed by atoms with Crippen LogP contribution in [0.5, 0.6) is 0 Å². The molecule has 2 aromatic rings. The summed E-state index contributed by atoms with van der Waals surface area (Å²) < 4.78 is 37.7. The highest BCUT2D eigenvalue weighted by atomic mass is 35.5. The molecule has 1 heterocycles. The zero-order chi connectivity index (χ0) is 26.7. The molecule has 0 aliphatic carbocycles. The molecule has 3 rings (SSSR count). The molecule has 7 nitrogen and oxygen atoms in total. The maximum Gasteiger partial charge on any atom is 0.403 e. The van der Waals surface area contributed by atoms with Gasteiger partial charge in [-0.25, -0.2) is 0 Å². The number of halogens is 4. The second-order valence-electron chi connectivity index (χ2n) is 8.41. The summed E-state index contributed by atoms with van der Waals surface area (Å²) in [4.78, 5) is 19.3. The number of hydrogen-bond acceptors (Lipinski definition) is 5. The Morgan fingerprint density at radius 2 is 1.53 bits per heavy atom. The number of carboxylic acid groups (broad SMARTS) is 2. The van der Waals surface area contributed by atoms with Gasteiger partial charge in [0.1, 0.15) is 6.04 Å². The van der Waals surface area contributed by atoms with E-state index in [-0.39, 0.29) is 19.4 Å². The topological polar surface area (TPSA) is 111 Å². The van der Waals surface area contributed by atoms with Crippen LogP contribution >= 0.6 is 11.6 Å². The van der Waals surface area contributed by atoms with Gasteiger partial charge in [-0.15, -0.1) is 0 Å². The van der Waals surface area contributed by atoms with Crippen LogP contribution in [-0.4, -0.2) is 47.5 Å². The number of carbonyl (C=O) groups is 2. The maximum atomic E-state index is 12.6. The van der Waals surface area contributed by atoms with E-state index in [1.807, 2.05) is 30.3 Å². The lowest BCUT2D eigenvalue weighted by Crippen LogP contribution is -2.39. The molecular formula is C25H31ClF3N3O4. The Kier molecular flexibility index (Phi) is 11.5. The summed E-state index contributed by atoms with van der Waals surface area (Å²) in [6, 6.07) is 10.1. The predicted molar refractivity (Wildman–Crippen MR) is 132 cm³/mol. The molecule has 2 aromatic carbocycles. The van der Waals surface area contributed by atoms with Crippen LogP contribution in [0.1, 0.15) is 42.0 Å². The summed E-state index contributed by atoms with van der Waals surface area (Å²) in [6.07, 6.45) is -2.91. The van der Waals surface area contributed by atoms with Crippen molar-refractivity contribution in [3.63, 3.8) is 0 Å². The largest absolute Gasteiger partial charge is 0.481 e. The Hall–Kier alpha value is -2.82. The first-order valence-corrected chi connectivity index (χ1v) is 11.9. The van der Waals surface area contributed by atoms with Crippen molar-refractivity contribution in [2.75, 3.05) is 18.4 Å².